The number of methoxy groups -OCH3 is 1. The number of hydrogen-bond donors (Lipinski definition) is 2. The molecule has 106 valence electrons. The van der Waals surface area contributed by atoms with Crippen molar-refractivity contribution < 1.29 is 4.74 Å². The lowest BCUT2D eigenvalue weighted by Crippen LogP contribution is -2.29. The van der Waals surface area contributed by atoms with Gasteiger partial charge in [0.05, 0.1) is 13.2 Å². The van der Waals surface area contributed by atoms with E-state index in [4.69, 9.17) is 10.6 Å². The number of hydrazine groups is 1. The second kappa shape index (κ2) is 6.88. The Balaban J connectivity index is 2.21. The molecule has 1 atom stereocenters. The molecule has 2 aromatic carbocycles. The fraction of sp³-hybridized carbons (Fsp3) is 0.250. The first-order valence-electron chi connectivity index (χ1n) is 6.49. The van der Waals surface area contributed by atoms with E-state index in [1.165, 1.54) is 11.1 Å². The number of rotatable bonds is 5. The molecule has 0 saturated heterocycles. The van der Waals surface area contributed by atoms with Crippen LogP contribution in [0.1, 0.15) is 22.7 Å². The number of hydrogen-bond acceptors (Lipinski definition) is 3. The smallest absolute Gasteiger partial charge is 0.119 e. The first kappa shape index (κ1) is 15.0. The van der Waals surface area contributed by atoms with Crippen molar-refractivity contribution in [2.45, 2.75) is 19.4 Å². The summed E-state index contributed by atoms with van der Waals surface area (Å²) in [7, 11) is 1.68. The zero-order chi connectivity index (χ0) is 14.5. The molecule has 4 heteroatoms. The van der Waals surface area contributed by atoms with E-state index < -0.39 is 0 Å². The van der Waals surface area contributed by atoms with Crippen molar-refractivity contribution in [1.29, 1.82) is 0 Å². The Morgan fingerprint density at radius 1 is 1.25 bits per heavy atom. The molecule has 0 aromatic heterocycles. The Bertz CT molecular complexity index is 586. The van der Waals surface area contributed by atoms with Gasteiger partial charge in [-0.1, -0.05) is 40.2 Å². The molecule has 0 saturated carbocycles. The predicted octanol–water partition coefficient (Wildman–Crippen LogP) is 3.51. The van der Waals surface area contributed by atoms with Gasteiger partial charge in [0.1, 0.15) is 5.75 Å². The van der Waals surface area contributed by atoms with Gasteiger partial charge in [-0.05, 0) is 48.2 Å². The highest BCUT2D eigenvalue weighted by Crippen LogP contribution is 2.25. The fourth-order valence-corrected chi connectivity index (χ4v) is 2.53. The Morgan fingerprint density at radius 3 is 2.70 bits per heavy atom. The van der Waals surface area contributed by atoms with Crippen molar-refractivity contribution in [3.8, 4) is 5.75 Å². The van der Waals surface area contributed by atoms with E-state index in [1.54, 1.807) is 7.11 Å². The summed E-state index contributed by atoms with van der Waals surface area (Å²) in [6.45, 7) is 2.07. The molecule has 0 aliphatic carbocycles. The molecule has 20 heavy (non-hydrogen) atoms. The van der Waals surface area contributed by atoms with Crippen molar-refractivity contribution in [2.24, 2.45) is 5.84 Å². The summed E-state index contributed by atoms with van der Waals surface area (Å²) in [6.07, 6.45) is 0.809. The van der Waals surface area contributed by atoms with Crippen molar-refractivity contribution >= 4 is 15.9 Å². The van der Waals surface area contributed by atoms with Gasteiger partial charge in [0.15, 0.2) is 0 Å². The van der Waals surface area contributed by atoms with E-state index in [2.05, 4.69) is 52.5 Å². The van der Waals surface area contributed by atoms with E-state index in [1.807, 2.05) is 18.2 Å². The summed E-state index contributed by atoms with van der Waals surface area (Å²) < 4.78 is 6.35. The average molecular weight is 335 g/mol. The third-order valence-corrected chi connectivity index (χ3v) is 4.23. The van der Waals surface area contributed by atoms with Crippen molar-refractivity contribution in [2.75, 3.05) is 7.11 Å². The van der Waals surface area contributed by atoms with Gasteiger partial charge in [0.25, 0.3) is 0 Å². The van der Waals surface area contributed by atoms with E-state index in [0.29, 0.717) is 0 Å². The second-order valence-corrected chi connectivity index (χ2v) is 5.64. The molecule has 0 amide bonds. The van der Waals surface area contributed by atoms with E-state index in [0.717, 1.165) is 22.2 Å². The quantitative estimate of drug-likeness (QED) is 0.649. The molecule has 0 fully saturated rings. The average Bonchev–Trinajstić information content (AvgIpc) is 2.48. The monoisotopic (exact) mass is 334 g/mol. The molecule has 2 aromatic rings. The largest absolute Gasteiger partial charge is 0.497 e. The maximum Gasteiger partial charge on any atom is 0.119 e. The molecule has 1 unspecified atom stereocenters. The zero-order valence-electron chi connectivity index (χ0n) is 11.7. The third-order valence-electron chi connectivity index (χ3n) is 3.37. The number of nitrogens with one attached hydrogen (secondary N) is 1. The van der Waals surface area contributed by atoms with E-state index >= 15 is 0 Å². The number of ether oxygens (including phenoxy) is 1. The first-order valence-corrected chi connectivity index (χ1v) is 7.28. The van der Waals surface area contributed by atoms with Crippen LogP contribution in [-0.4, -0.2) is 7.11 Å². The van der Waals surface area contributed by atoms with Crippen LogP contribution in [0.2, 0.25) is 0 Å². The highest BCUT2D eigenvalue weighted by Gasteiger charge is 2.12. The lowest BCUT2D eigenvalue weighted by atomic mass is 9.98. The van der Waals surface area contributed by atoms with Crippen molar-refractivity contribution in [3.05, 3.63) is 63.6 Å². The molecule has 3 N–H and O–H groups in total. The normalized spacial score (nSPS) is 12.2. The maximum absolute atomic E-state index is 5.71. The number of halogens is 1. The molecule has 0 spiro atoms. The van der Waals surface area contributed by atoms with Gasteiger partial charge in [-0.3, -0.25) is 11.3 Å². The molecule has 0 heterocycles. The van der Waals surface area contributed by atoms with Crippen LogP contribution in [0.25, 0.3) is 0 Å². The number of aryl methyl sites for hydroxylation is 1. The van der Waals surface area contributed by atoms with Crippen LogP contribution in [0.15, 0.2) is 46.9 Å². The molecular weight excluding hydrogens is 316 g/mol. The lowest BCUT2D eigenvalue weighted by molar-refractivity contribution is 0.414. The Morgan fingerprint density at radius 2 is 2.05 bits per heavy atom. The van der Waals surface area contributed by atoms with Gasteiger partial charge in [0.2, 0.25) is 0 Å². The summed E-state index contributed by atoms with van der Waals surface area (Å²) in [5, 5.41) is 0. The van der Waals surface area contributed by atoms with E-state index in [9.17, 15) is 0 Å². The van der Waals surface area contributed by atoms with Crippen LogP contribution in [0.3, 0.4) is 0 Å². The molecule has 0 aliphatic heterocycles. The molecule has 0 bridgehead atoms. The summed E-state index contributed by atoms with van der Waals surface area (Å²) >= 11 is 3.56. The van der Waals surface area contributed by atoms with Crippen LogP contribution >= 0.6 is 15.9 Å². The Kier molecular flexibility index (Phi) is 5.17. The van der Waals surface area contributed by atoms with Gasteiger partial charge in [-0.25, -0.2) is 0 Å². The van der Waals surface area contributed by atoms with Crippen molar-refractivity contribution in [3.63, 3.8) is 0 Å². The number of nitrogens with two attached hydrogens (primary N) is 1. The van der Waals surface area contributed by atoms with Crippen LogP contribution in [0.5, 0.6) is 5.75 Å². The van der Waals surface area contributed by atoms with Crippen LogP contribution in [0.4, 0.5) is 0 Å². The summed E-state index contributed by atoms with van der Waals surface area (Å²) in [5.74, 6) is 6.58. The third kappa shape index (κ3) is 3.60. The zero-order valence-corrected chi connectivity index (χ0v) is 13.3. The molecule has 0 radical (unpaired) electrons. The Labute approximate surface area is 128 Å². The van der Waals surface area contributed by atoms with Gasteiger partial charge < -0.3 is 4.74 Å². The summed E-state index contributed by atoms with van der Waals surface area (Å²) in [4.78, 5) is 0. The SMILES string of the molecule is COc1cccc(CC(NN)c2ccc(C)c(Br)c2)c1. The highest BCUT2D eigenvalue weighted by molar-refractivity contribution is 9.10. The van der Waals surface area contributed by atoms with Gasteiger partial charge in [-0.2, -0.15) is 0 Å². The predicted molar refractivity (Wildman–Crippen MR) is 85.6 cm³/mol. The molecule has 2 rings (SSSR count). The highest BCUT2D eigenvalue weighted by atomic mass is 79.9. The van der Waals surface area contributed by atoms with Crippen LogP contribution in [0, 0.1) is 6.92 Å². The minimum absolute atomic E-state index is 0.0685. The molecular formula is C16H19BrN2O. The second-order valence-electron chi connectivity index (χ2n) is 4.78. The topological polar surface area (TPSA) is 47.3 Å². The minimum atomic E-state index is 0.0685. The minimum Gasteiger partial charge on any atom is -0.497 e. The maximum atomic E-state index is 5.71. The van der Waals surface area contributed by atoms with Crippen LogP contribution in [-0.2, 0) is 6.42 Å². The fourth-order valence-electron chi connectivity index (χ4n) is 2.13. The Hall–Kier alpha value is -1.36. The van der Waals surface area contributed by atoms with Gasteiger partial charge >= 0.3 is 0 Å². The van der Waals surface area contributed by atoms with Crippen molar-refractivity contribution in [1.82, 2.24) is 5.43 Å². The first-order chi connectivity index (χ1) is 9.63. The van der Waals surface area contributed by atoms with Crippen LogP contribution < -0.4 is 16.0 Å². The lowest BCUT2D eigenvalue weighted by Gasteiger charge is -2.17. The molecule has 3 nitrogen and oxygen atoms in total. The van der Waals surface area contributed by atoms with Gasteiger partial charge in [-0.15, -0.1) is 0 Å². The number of benzene rings is 2. The standard InChI is InChI=1S/C16H19BrN2O/c1-11-6-7-13(10-15(11)17)16(19-18)9-12-4-3-5-14(8-12)20-2/h3-8,10,16,19H,9,18H2,1-2H3. The van der Waals surface area contributed by atoms with E-state index in [-0.39, 0.29) is 6.04 Å². The summed E-state index contributed by atoms with van der Waals surface area (Å²) in [5.41, 5.74) is 6.45. The van der Waals surface area contributed by atoms with Gasteiger partial charge in [0, 0.05) is 4.47 Å². The summed E-state index contributed by atoms with van der Waals surface area (Å²) in [6, 6.07) is 14.4. The molecule has 0 aliphatic rings.